The van der Waals surface area contributed by atoms with Gasteiger partial charge in [-0.2, -0.15) is 23.5 Å². The first-order valence-electron chi connectivity index (χ1n) is 6.35. The molecule has 0 spiro atoms. The van der Waals surface area contributed by atoms with E-state index >= 15 is 0 Å². The third-order valence-corrected chi connectivity index (χ3v) is 3.05. The number of nitriles is 1. The highest BCUT2D eigenvalue weighted by Crippen LogP contribution is 2.32. The summed E-state index contributed by atoms with van der Waals surface area (Å²) >= 11 is 0. The quantitative estimate of drug-likeness (QED) is 0.794. The molecule has 2 aromatic carbocycles. The molecule has 0 aliphatic heterocycles. The van der Waals surface area contributed by atoms with Crippen molar-refractivity contribution in [3.63, 3.8) is 0 Å². The van der Waals surface area contributed by atoms with E-state index in [0.29, 0.717) is 0 Å². The smallest absolute Gasteiger partial charge is 0.341 e. The normalized spacial score (nSPS) is 12.7. The second kappa shape index (κ2) is 6.60. The van der Waals surface area contributed by atoms with Gasteiger partial charge in [0.05, 0.1) is 23.8 Å². The number of nitrogens with zero attached hydrogens (tertiary/aromatic N) is 1. The van der Waals surface area contributed by atoms with E-state index in [1.54, 1.807) is 12.1 Å². The van der Waals surface area contributed by atoms with Crippen molar-refractivity contribution < 1.29 is 23.0 Å². The molecule has 1 radical (unpaired) electrons. The average Bonchev–Trinajstić information content (AvgIpc) is 2.52. The molecule has 1 unspecified atom stereocenters. The molecule has 6 heteroatoms. The average molecular weight is 306 g/mol. The first-order valence-corrected chi connectivity index (χ1v) is 6.35. The van der Waals surface area contributed by atoms with Crippen LogP contribution in [-0.2, 0) is 22.6 Å². The Morgan fingerprint density at radius 1 is 1.09 bits per heavy atom. The van der Waals surface area contributed by atoms with Crippen LogP contribution in [0.4, 0.5) is 13.2 Å². The van der Waals surface area contributed by atoms with Gasteiger partial charge < -0.3 is 4.74 Å². The molecular weight excluding hydrogens is 295 g/mol. The highest BCUT2D eigenvalue weighted by molar-refractivity contribution is 5.38. The van der Waals surface area contributed by atoms with Gasteiger partial charge in [0.25, 0.3) is 0 Å². The summed E-state index contributed by atoms with van der Waals surface area (Å²) < 4.78 is 43.5. The second-order valence-electron chi connectivity index (χ2n) is 4.50. The molecule has 0 aliphatic rings. The fourth-order valence-electron chi connectivity index (χ4n) is 1.98. The Labute approximate surface area is 125 Å². The van der Waals surface area contributed by atoms with Crippen LogP contribution in [0.15, 0.2) is 48.5 Å². The Kier molecular flexibility index (Phi) is 4.81. The summed E-state index contributed by atoms with van der Waals surface area (Å²) in [5.41, 5.74) is -0.706. The fourth-order valence-corrected chi connectivity index (χ4v) is 1.98. The van der Waals surface area contributed by atoms with E-state index in [4.69, 9.17) is 10.00 Å². The van der Waals surface area contributed by atoms with Gasteiger partial charge in [-0.1, -0.05) is 36.4 Å². The van der Waals surface area contributed by atoms with Crippen molar-refractivity contribution in [2.24, 2.45) is 0 Å². The van der Waals surface area contributed by atoms with E-state index in [2.05, 4.69) is 0 Å². The summed E-state index contributed by atoms with van der Waals surface area (Å²) in [6.07, 6.45) is -6.24. The van der Waals surface area contributed by atoms with Gasteiger partial charge in [0.1, 0.15) is 0 Å². The van der Waals surface area contributed by atoms with Crippen LogP contribution in [0.1, 0.15) is 28.5 Å². The van der Waals surface area contributed by atoms with Crippen LogP contribution in [0.5, 0.6) is 0 Å². The zero-order valence-electron chi connectivity index (χ0n) is 11.3. The molecule has 0 heterocycles. The van der Waals surface area contributed by atoms with Gasteiger partial charge >= 0.3 is 6.18 Å². The number of alkyl halides is 3. The summed E-state index contributed by atoms with van der Waals surface area (Å²) in [7, 11) is 0. The predicted molar refractivity (Wildman–Crippen MR) is 70.8 cm³/mol. The van der Waals surface area contributed by atoms with Crippen molar-refractivity contribution in [1.29, 1.82) is 5.26 Å². The van der Waals surface area contributed by atoms with Crippen molar-refractivity contribution in [3.05, 3.63) is 70.8 Å². The van der Waals surface area contributed by atoms with E-state index < -0.39 is 24.6 Å². The number of benzene rings is 2. The molecule has 1 atom stereocenters. The molecule has 2 aromatic rings. The first kappa shape index (κ1) is 16.0. The van der Waals surface area contributed by atoms with Crippen LogP contribution >= 0.6 is 0 Å². The monoisotopic (exact) mass is 306 g/mol. The Morgan fingerprint density at radius 3 is 2.41 bits per heavy atom. The molecule has 22 heavy (non-hydrogen) atoms. The Morgan fingerprint density at radius 2 is 1.73 bits per heavy atom. The van der Waals surface area contributed by atoms with Crippen LogP contribution in [0.25, 0.3) is 0 Å². The minimum Gasteiger partial charge on any atom is -0.341 e. The molecule has 0 aromatic heterocycles. The largest absolute Gasteiger partial charge is 0.416 e. The molecule has 113 valence electrons. The zero-order chi connectivity index (χ0) is 16.2. The highest BCUT2D eigenvalue weighted by atomic mass is 19.4. The van der Waals surface area contributed by atoms with Crippen LogP contribution < -0.4 is 0 Å². The standard InChI is InChI=1S/C16H11F3NO2/c17-16(18,19)14-8-4-2-6-12(14)10-22-15(21)13-7-3-1-5-11(13)9-20/h1-8,15H,10H2. The minimum atomic E-state index is -4.51. The molecule has 0 saturated heterocycles. The number of hydrogen-bond donors (Lipinski definition) is 0. The predicted octanol–water partition coefficient (Wildman–Crippen LogP) is 4.22. The fraction of sp³-hybridized carbons (Fsp3) is 0.188. The van der Waals surface area contributed by atoms with Crippen molar-refractivity contribution in [2.75, 3.05) is 0 Å². The third-order valence-electron chi connectivity index (χ3n) is 3.05. The van der Waals surface area contributed by atoms with E-state index in [-0.39, 0.29) is 16.7 Å². The van der Waals surface area contributed by atoms with Crippen LogP contribution in [-0.4, -0.2) is 0 Å². The lowest BCUT2D eigenvalue weighted by molar-refractivity contribution is -0.158. The molecule has 0 N–H and O–H groups in total. The van der Waals surface area contributed by atoms with Crippen LogP contribution in [0.3, 0.4) is 0 Å². The maximum atomic E-state index is 12.8. The maximum Gasteiger partial charge on any atom is 0.416 e. The molecular formula is C16H11F3NO2. The first-order chi connectivity index (χ1) is 10.4. The molecule has 0 amide bonds. The van der Waals surface area contributed by atoms with Crippen molar-refractivity contribution in [1.82, 2.24) is 0 Å². The summed E-state index contributed by atoms with van der Waals surface area (Å²) in [6, 6.07) is 12.8. The summed E-state index contributed by atoms with van der Waals surface area (Å²) in [5, 5.41) is 20.9. The number of halogens is 3. The van der Waals surface area contributed by atoms with Gasteiger partial charge in [-0.05, 0) is 17.7 Å². The van der Waals surface area contributed by atoms with Crippen LogP contribution in [0, 0.1) is 11.3 Å². The molecule has 0 bridgehead atoms. The SMILES string of the molecule is N#Cc1ccccc1C([O])OCc1ccccc1C(F)(F)F. The molecule has 3 nitrogen and oxygen atoms in total. The molecule has 0 saturated carbocycles. The van der Waals surface area contributed by atoms with E-state index in [0.717, 1.165) is 6.07 Å². The summed E-state index contributed by atoms with van der Waals surface area (Å²) in [4.78, 5) is 0. The Balaban J connectivity index is 2.16. The van der Waals surface area contributed by atoms with Crippen LogP contribution in [0.2, 0.25) is 0 Å². The van der Waals surface area contributed by atoms with Gasteiger partial charge in [-0.3, -0.25) is 0 Å². The number of hydrogen-bond acceptors (Lipinski definition) is 2. The number of ether oxygens (including phenoxy) is 1. The Hall–Kier alpha value is -2.36. The topological polar surface area (TPSA) is 52.9 Å². The van der Waals surface area contributed by atoms with E-state index in [1.165, 1.54) is 30.3 Å². The van der Waals surface area contributed by atoms with Gasteiger partial charge in [0, 0.05) is 5.56 Å². The van der Waals surface area contributed by atoms with Gasteiger partial charge in [-0.25, -0.2) is 0 Å². The van der Waals surface area contributed by atoms with Gasteiger partial charge in [-0.15, -0.1) is 0 Å². The highest BCUT2D eigenvalue weighted by Gasteiger charge is 2.33. The van der Waals surface area contributed by atoms with Crippen molar-refractivity contribution in [2.45, 2.75) is 19.1 Å². The zero-order valence-corrected chi connectivity index (χ0v) is 11.3. The lowest BCUT2D eigenvalue weighted by Gasteiger charge is -2.15. The molecule has 0 aliphatic carbocycles. The minimum absolute atomic E-state index is 0.106. The van der Waals surface area contributed by atoms with E-state index in [9.17, 15) is 18.3 Å². The van der Waals surface area contributed by atoms with Crippen molar-refractivity contribution in [3.8, 4) is 6.07 Å². The lowest BCUT2D eigenvalue weighted by Crippen LogP contribution is -2.11. The van der Waals surface area contributed by atoms with Gasteiger partial charge in [0.15, 0.2) is 0 Å². The lowest BCUT2D eigenvalue weighted by atomic mass is 10.1. The third kappa shape index (κ3) is 3.64. The molecule has 0 fully saturated rings. The number of rotatable bonds is 4. The molecule has 2 rings (SSSR count). The Bertz CT molecular complexity index is 692. The summed E-state index contributed by atoms with van der Waals surface area (Å²) in [6.45, 7) is -0.483. The summed E-state index contributed by atoms with van der Waals surface area (Å²) in [5.74, 6) is 0. The van der Waals surface area contributed by atoms with Gasteiger partial charge in [0.2, 0.25) is 6.29 Å². The maximum absolute atomic E-state index is 12.8. The van der Waals surface area contributed by atoms with Crippen molar-refractivity contribution >= 4 is 0 Å². The second-order valence-corrected chi connectivity index (χ2v) is 4.50. The van der Waals surface area contributed by atoms with E-state index in [1.807, 2.05) is 6.07 Å².